The summed E-state index contributed by atoms with van der Waals surface area (Å²) in [7, 11) is -2.53. The van der Waals surface area contributed by atoms with Gasteiger partial charge in [-0.2, -0.15) is 0 Å². The zero-order valence-corrected chi connectivity index (χ0v) is 18.6. The molecule has 1 amide bonds. The molecule has 0 fully saturated rings. The number of methoxy groups -OCH3 is 1. The van der Waals surface area contributed by atoms with Gasteiger partial charge >= 0.3 is 0 Å². The smallest absolute Gasteiger partial charge is 0.265 e. The summed E-state index contributed by atoms with van der Waals surface area (Å²) in [5.74, 6) is 0.0373. The molecule has 0 unspecified atom stereocenters. The summed E-state index contributed by atoms with van der Waals surface area (Å²) in [6, 6.07) is 13.6. The first-order valence-electron chi connectivity index (χ1n) is 9.85. The Morgan fingerprint density at radius 1 is 1.13 bits per heavy atom. The van der Waals surface area contributed by atoms with Crippen molar-refractivity contribution < 1.29 is 17.9 Å². The molecule has 8 nitrogen and oxygen atoms in total. The number of nitrogens with zero attached hydrogens (tertiary/aromatic N) is 3. The minimum Gasteiger partial charge on any atom is -0.481 e. The number of hydrogen-bond donors (Lipinski definition) is 1. The molecule has 9 heteroatoms. The van der Waals surface area contributed by atoms with Crippen LogP contribution in [0.1, 0.15) is 18.2 Å². The van der Waals surface area contributed by atoms with E-state index >= 15 is 0 Å². The maximum Gasteiger partial charge on any atom is 0.265 e. The highest BCUT2D eigenvalue weighted by Gasteiger charge is 2.30. The van der Waals surface area contributed by atoms with Crippen molar-refractivity contribution >= 4 is 21.6 Å². The molecule has 0 bridgehead atoms. The van der Waals surface area contributed by atoms with Gasteiger partial charge in [0.1, 0.15) is 6.54 Å². The molecule has 3 aromatic rings. The fourth-order valence-electron chi connectivity index (χ4n) is 3.19. The van der Waals surface area contributed by atoms with Gasteiger partial charge in [0.15, 0.2) is 0 Å². The summed E-state index contributed by atoms with van der Waals surface area (Å²) >= 11 is 0. The molecule has 2 aromatic heterocycles. The van der Waals surface area contributed by atoms with Crippen LogP contribution in [0.15, 0.2) is 65.8 Å². The van der Waals surface area contributed by atoms with Crippen molar-refractivity contribution in [2.75, 3.05) is 24.5 Å². The van der Waals surface area contributed by atoms with Gasteiger partial charge in [0.25, 0.3) is 10.0 Å². The highest BCUT2D eigenvalue weighted by molar-refractivity contribution is 7.93. The average Bonchev–Trinajstić information content (AvgIpc) is 3.29. The second-order valence-electron chi connectivity index (χ2n) is 6.94. The van der Waals surface area contributed by atoms with Crippen molar-refractivity contribution in [2.24, 2.45) is 0 Å². The van der Waals surface area contributed by atoms with E-state index in [4.69, 9.17) is 4.74 Å². The van der Waals surface area contributed by atoms with Crippen LogP contribution in [0.2, 0.25) is 0 Å². The number of ether oxygens (including phenoxy) is 1. The number of rotatable bonds is 9. The molecular formula is C22H26N4O4S. The van der Waals surface area contributed by atoms with E-state index in [1.165, 1.54) is 19.4 Å². The molecular weight excluding hydrogens is 416 g/mol. The van der Waals surface area contributed by atoms with Gasteiger partial charge in [-0.25, -0.2) is 13.4 Å². The molecule has 31 heavy (non-hydrogen) atoms. The number of hydrogen-bond acceptors (Lipinski definition) is 5. The highest BCUT2D eigenvalue weighted by Crippen LogP contribution is 2.26. The number of pyridine rings is 1. The van der Waals surface area contributed by atoms with E-state index in [0.717, 1.165) is 10.00 Å². The van der Waals surface area contributed by atoms with Crippen LogP contribution in [0.25, 0.3) is 0 Å². The van der Waals surface area contributed by atoms with Crippen LogP contribution in [0.3, 0.4) is 0 Å². The van der Waals surface area contributed by atoms with Gasteiger partial charge in [0.05, 0.1) is 30.4 Å². The fourth-order valence-corrected chi connectivity index (χ4v) is 4.82. The van der Waals surface area contributed by atoms with Crippen LogP contribution in [0.5, 0.6) is 5.88 Å². The first-order chi connectivity index (χ1) is 14.9. The van der Waals surface area contributed by atoms with Crippen LogP contribution < -0.4 is 9.04 Å². The Balaban J connectivity index is 1.97. The van der Waals surface area contributed by atoms with Crippen LogP contribution in [0, 0.1) is 6.92 Å². The number of carbonyl (C=O) groups excluding carboxylic acids is 1. The average molecular weight is 443 g/mol. The van der Waals surface area contributed by atoms with E-state index in [2.05, 4.69) is 9.97 Å². The number of carbonyl (C=O) groups is 1. The van der Waals surface area contributed by atoms with Crippen molar-refractivity contribution in [3.63, 3.8) is 0 Å². The molecule has 0 aliphatic heterocycles. The minimum atomic E-state index is -4.01. The van der Waals surface area contributed by atoms with Crippen molar-refractivity contribution in [2.45, 2.75) is 25.3 Å². The molecule has 0 atom stereocenters. The van der Waals surface area contributed by atoms with Gasteiger partial charge in [0, 0.05) is 24.5 Å². The van der Waals surface area contributed by atoms with E-state index in [9.17, 15) is 13.2 Å². The summed E-state index contributed by atoms with van der Waals surface area (Å²) in [5.41, 5.74) is 1.75. The topological polar surface area (TPSA) is 95.6 Å². The van der Waals surface area contributed by atoms with E-state index < -0.39 is 10.0 Å². The fraction of sp³-hybridized carbons (Fsp3) is 0.273. The molecule has 3 rings (SSSR count). The second-order valence-corrected chi connectivity index (χ2v) is 8.77. The van der Waals surface area contributed by atoms with Gasteiger partial charge in [-0.3, -0.25) is 9.10 Å². The molecule has 0 aliphatic carbocycles. The number of likely N-dealkylation sites (N-methyl/N-ethyl adjacent to an activating group) is 1. The number of aryl methyl sites for hydroxylation is 1. The van der Waals surface area contributed by atoms with Crippen LogP contribution in [0.4, 0.5) is 5.69 Å². The number of benzene rings is 1. The predicted molar refractivity (Wildman–Crippen MR) is 118 cm³/mol. The molecule has 1 aromatic carbocycles. The monoisotopic (exact) mass is 442 g/mol. The first-order valence-corrected chi connectivity index (χ1v) is 11.3. The number of aromatic amines is 1. The third-order valence-electron chi connectivity index (χ3n) is 4.92. The Bertz CT molecular complexity index is 1110. The van der Waals surface area contributed by atoms with Crippen molar-refractivity contribution in [3.8, 4) is 5.88 Å². The van der Waals surface area contributed by atoms with Crippen LogP contribution in [-0.4, -0.2) is 49.4 Å². The lowest BCUT2D eigenvalue weighted by Crippen LogP contribution is -2.43. The van der Waals surface area contributed by atoms with Crippen LogP contribution in [-0.2, 0) is 21.4 Å². The van der Waals surface area contributed by atoms with Crippen molar-refractivity contribution in [1.82, 2.24) is 14.9 Å². The normalized spacial score (nSPS) is 11.2. The van der Waals surface area contributed by atoms with E-state index in [0.29, 0.717) is 24.5 Å². The second kappa shape index (κ2) is 9.65. The standard InChI is InChI=1S/C22H26N4O4S/c1-4-25(15-18-9-7-13-23-18)22(27)16-26(19-11-12-21(30-3)24-14-19)31(28,29)20-10-6-5-8-17(20)2/h5-14,23H,4,15-16H2,1-3H3. The lowest BCUT2D eigenvalue weighted by molar-refractivity contribution is -0.130. The van der Waals surface area contributed by atoms with Crippen molar-refractivity contribution in [1.29, 1.82) is 0 Å². The lowest BCUT2D eigenvalue weighted by Gasteiger charge is -2.28. The van der Waals surface area contributed by atoms with Gasteiger partial charge in [-0.05, 0) is 43.7 Å². The van der Waals surface area contributed by atoms with Gasteiger partial charge in [0.2, 0.25) is 11.8 Å². The third kappa shape index (κ3) is 5.05. The Labute approximate surface area is 182 Å². The summed E-state index contributed by atoms with van der Waals surface area (Å²) in [6.45, 7) is 4.04. The maximum atomic E-state index is 13.6. The highest BCUT2D eigenvalue weighted by atomic mass is 32.2. The zero-order valence-electron chi connectivity index (χ0n) is 17.8. The van der Waals surface area contributed by atoms with Gasteiger partial charge in [-0.1, -0.05) is 18.2 Å². The largest absolute Gasteiger partial charge is 0.481 e. The number of H-pyrrole nitrogens is 1. The van der Waals surface area contributed by atoms with E-state index in [1.807, 2.05) is 19.1 Å². The molecule has 2 heterocycles. The Hall–Kier alpha value is -3.33. The molecule has 0 saturated heterocycles. The molecule has 0 aliphatic rings. The Morgan fingerprint density at radius 3 is 2.48 bits per heavy atom. The number of amides is 1. The first kappa shape index (κ1) is 22.4. The van der Waals surface area contributed by atoms with E-state index in [1.54, 1.807) is 48.4 Å². The molecule has 0 saturated carbocycles. The molecule has 1 N–H and O–H groups in total. The van der Waals surface area contributed by atoms with Crippen LogP contribution >= 0.6 is 0 Å². The summed E-state index contributed by atoms with van der Waals surface area (Å²) in [4.78, 5) is 22.1. The third-order valence-corrected chi connectivity index (χ3v) is 6.85. The number of nitrogens with one attached hydrogen (secondary N) is 1. The number of aromatic nitrogens is 2. The van der Waals surface area contributed by atoms with Crippen molar-refractivity contribution in [3.05, 3.63) is 72.2 Å². The summed E-state index contributed by atoms with van der Waals surface area (Å²) < 4.78 is 33.3. The number of sulfonamides is 1. The lowest BCUT2D eigenvalue weighted by atomic mass is 10.2. The summed E-state index contributed by atoms with van der Waals surface area (Å²) in [5, 5.41) is 0. The minimum absolute atomic E-state index is 0.144. The Kier molecular flexibility index (Phi) is 6.96. The van der Waals surface area contributed by atoms with E-state index in [-0.39, 0.29) is 23.0 Å². The maximum absolute atomic E-state index is 13.6. The summed E-state index contributed by atoms with van der Waals surface area (Å²) in [6.07, 6.45) is 3.18. The zero-order chi connectivity index (χ0) is 22.4. The quantitative estimate of drug-likeness (QED) is 0.550. The molecule has 0 spiro atoms. The van der Waals surface area contributed by atoms with Gasteiger partial charge in [-0.15, -0.1) is 0 Å². The molecule has 164 valence electrons. The molecule has 0 radical (unpaired) electrons. The number of anilines is 1. The van der Waals surface area contributed by atoms with Gasteiger partial charge < -0.3 is 14.6 Å². The Morgan fingerprint density at radius 2 is 1.90 bits per heavy atom. The predicted octanol–water partition coefficient (Wildman–Crippen LogP) is 2.97. The SMILES string of the molecule is CCN(Cc1ccc[nH]1)C(=O)CN(c1ccc(OC)nc1)S(=O)(=O)c1ccccc1C.